The molecule has 0 amide bonds. The number of phenolic OH excluding ortho intramolecular Hbond substituents is 2. The van der Waals surface area contributed by atoms with Crippen molar-refractivity contribution in [1.29, 1.82) is 5.26 Å². The van der Waals surface area contributed by atoms with Crippen LogP contribution in [0.3, 0.4) is 0 Å². The highest BCUT2D eigenvalue weighted by molar-refractivity contribution is 6.29. The van der Waals surface area contributed by atoms with Gasteiger partial charge in [0.1, 0.15) is 23.1 Å². The zero-order valence-electron chi connectivity index (χ0n) is 27.2. The average molecular weight is 558 g/mol. The fourth-order valence-electron chi connectivity index (χ4n) is 5.27. The molecule has 3 rings (SSSR count). The molecule has 0 spiro atoms. The Labute approximate surface area is 246 Å². The second-order valence-electron chi connectivity index (χ2n) is 15.2. The van der Waals surface area contributed by atoms with Gasteiger partial charge in [-0.05, 0) is 75.1 Å². The summed E-state index contributed by atoms with van der Waals surface area (Å²) < 4.78 is 5.29. The first-order valence-electron chi connectivity index (χ1n) is 14.4. The van der Waals surface area contributed by atoms with E-state index in [1.807, 2.05) is 24.3 Å². The molecule has 0 aromatic heterocycles. The van der Waals surface area contributed by atoms with Gasteiger partial charge in [0.15, 0.2) is 0 Å². The first kappa shape index (κ1) is 32.0. The third-order valence-corrected chi connectivity index (χ3v) is 7.56. The number of hydrogen-bond acceptors (Lipinski definition) is 5. The van der Waals surface area contributed by atoms with Crippen LogP contribution in [-0.2, 0) is 31.2 Å². The van der Waals surface area contributed by atoms with Gasteiger partial charge in [0, 0.05) is 27.8 Å². The van der Waals surface area contributed by atoms with Gasteiger partial charge in [-0.15, -0.1) is 0 Å². The van der Waals surface area contributed by atoms with Gasteiger partial charge in [-0.25, -0.2) is 4.79 Å². The maximum absolute atomic E-state index is 13.0. The molecule has 2 aromatic rings. The van der Waals surface area contributed by atoms with Crippen molar-refractivity contribution in [3.05, 3.63) is 68.8 Å². The first-order chi connectivity index (χ1) is 18.6. The SMILES string of the molecule is CCOC(=O)C(C#N)=C1C(c2cc(C(C)(C)C)c(O)c(C(C)(C)C)c2)=C1c1cc(C(C)(C)C)c(O)c(C(C)(C)C)c1. The van der Waals surface area contributed by atoms with Crippen LogP contribution in [0.15, 0.2) is 35.4 Å². The van der Waals surface area contributed by atoms with E-state index in [-0.39, 0.29) is 45.3 Å². The Morgan fingerprint density at radius 3 is 1.20 bits per heavy atom. The minimum atomic E-state index is -0.658. The van der Waals surface area contributed by atoms with E-state index in [0.717, 1.165) is 44.5 Å². The summed E-state index contributed by atoms with van der Waals surface area (Å²) in [6.45, 7) is 26.6. The molecular weight excluding hydrogens is 510 g/mol. The minimum absolute atomic E-state index is 0.0396. The van der Waals surface area contributed by atoms with Crippen LogP contribution in [-0.4, -0.2) is 22.8 Å². The summed E-state index contributed by atoms with van der Waals surface area (Å²) in [7, 11) is 0. The quantitative estimate of drug-likeness (QED) is 0.223. The minimum Gasteiger partial charge on any atom is -0.507 e. The molecule has 0 saturated heterocycles. The van der Waals surface area contributed by atoms with Gasteiger partial charge in [0.2, 0.25) is 0 Å². The number of aromatic hydroxyl groups is 2. The molecule has 1 aliphatic rings. The van der Waals surface area contributed by atoms with E-state index >= 15 is 0 Å². The number of hydrogen-bond donors (Lipinski definition) is 2. The molecule has 0 radical (unpaired) electrons. The number of esters is 1. The van der Waals surface area contributed by atoms with Crippen molar-refractivity contribution < 1.29 is 19.7 Å². The third-order valence-electron chi connectivity index (χ3n) is 7.56. The van der Waals surface area contributed by atoms with Crippen LogP contribution in [0.4, 0.5) is 0 Å². The molecule has 2 N–H and O–H groups in total. The largest absolute Gasteiger partial charge is 0.507 e. The molecule has 0 atom stereocenters. The van der Waals surface area contributed by atoms with Crippen molar-refractivity contribution in [2.75, 3.05) is 6.61 Å². The Hall–Kier alpha value is -3.52. The smallest absolute Gasteiger partial charge is 0.349 e. The standard InChI is InChI=1S/C36H47NO4/c1-14-41-32(40)22(19-37)29-27(20-15-23(33(2,3)4)30(38)24(16-20)34(5,6)7)28(29)21-17-25(35(8,9)10)31(39)26(18-21)36(11,12)13/h15-18,38-39H,14H2,1-13H3. The molecule has 5 heteroatoms. The summed E-state index contributed by atoms with van der Waals surface area (Å²) >= 11 is 0. The Morgan fingerprint density at radius 2 is 0.976 bits per heavy atom. The van der Waals surface area contributed by atoms with Gasteiger partial charge < -0.3 is 14.9 Å². The van der Waals surface area contributed by atoms with Crippen LogP contribution in [0, 0.1) is 11.3 Å². The Bertz CT molecular complexity index is 1340. The van der Waals surface area contributed by atoms with Crippen LogP contribution in [0.1, 0.15) is 123 Å². The number of ether oxygens (including phenoxy) is 1. The summed E-state index contributed by atoms with van der Waals surface area (Å²) in [6.07, 6.45) is 0. The fourth-order valence-corrected chi connectivity index (χ4v) is 5.27. The van der Waals surface area contributed by atoms with Gasteiger partial charge in [-0.2, -0.15) is 5.26 Å². The molecule has 0 fully saturated rings. The molecule has 0 unspecified atom stereocenters. The number of carbonyl (C=O) groups excluding carboxylic acids is 1. The zero-order valence-corrected chi connectivity index (χ0v) is 27.2. The zero-order chi connectivity index (χ0) is 31.5. The van der Waals surface area contributed by atoms with Crippen molar-refractivity contribution in [2.45, 2.75) is 112 Å². The summed E-state index contributed by atoms with van der Waals surface area (Å²) in [5, 5.41) is 32.9. The van der Waals surface area contributed by atoms with E-state index in [1.54, 1.807) is 6.92 Å². The van der Waals surface area contributed by atoms with Crippen molar-refractivity contribution in [3.8, 4) is 17.6 Å². The lowest BCUT2D eigenvalue weighted by Crippen LogP contribution is -2.17. The molecule has 0 aliphatic heterocycles. The lowest BCUT2D eigenvalue weighted by Gasteiger charge is -2.28. The average Bonchev–Trinajstić information content (AvgIpc) is 3.52. The summed E-state index contributed by atoms with van der Waals surface area (Å²) in [5.41, 5.74) is 5.54. The number of phenols is 2. The van der Waals surface area contributed by atoms with Gasteiger partial charge in [-0.3, -0.25) is 0 Å². The Balaban J connectivity index is 2.52. The van der Waals surface area contributed by atoms with E-state index < -0.39 is 5.97 Å². The topological polar surface area (TPSA) is 90.6 Å². The van der Waals surface area contributed by atoms with E-state index in [9.17, 15) is 20.3 Å². The van der Waals surface area contributed by atoms with Gasteiger partial charge in [0.05, 0.1) is 6.61 Å². The van der Waals surface area contributed by atoms with Crippen molar-refractivity contribution in [2.24, 2.45) is 0 Å². The molecular formula is C36H47NO4. The van der Waals surface area contributed by atoms with Crippen LogP contribution in [0.5, 0.6) is 11.5 Å². The van der Waals surface area contributed by atoms with Crippen molar-refractivity contribution in [1.82, 2.24) is 0 Å². The van der Waals surface area contributed by atoms with Gasteiger partial charge >= 0.3 is 5.97 Å². The highest BCUT2D eigenvalue weighted by Crippen LogP contribution is 2.57. The second kappa shape index (κ2) is 10.4. The molecule has 0 saturated carbocycles. The molecule has 5 nitrogen and oxygen atoms in total. The summed E-state index contributed by atoms with van der Waals surface area (Å²) in [5.74, 6) is -0.125. The van der Waals surface area contributed by atoms with Crippen molar-refractivity contribution in [3.63, 3.8) is 0 Å². The predicted octanol–water partition coefficient (Wildman–Crippen LogP) is 8.60. The Kier molecular flexibility index (Phi) is 8.11. The van der Waals surface area contributed by atoms with Crippen LogP contribution in [0.25, 0.3) is 11.1 Å². The maximum Gasteiger partial charge on any atom is 0.349 e. The normalized spacial score (nSPS) is 14.2. The third kappa shape index (κ3) is 6.22. The van der Waals surface area contributed by atoms with Gasteiger partial charge in [-0.1, -0.05) is 83.1 Å². The summed E-state index contributed by atoms with van der Waals surface area (Å²) in [6, 6.07) is 10.0. The lowest BCUT2D eigenvalue weighted by molar-refractivity contribution is -0.138. The molecule has 220 valence electrons. The van der Waals surface area contributed by atoms with Crippen LogP contribution in [0.2, 0.25) is 0 Å². The number of benzene rings is 2. The second-order valence-corrected chi connectivity index (χ2v) is 15.2. The summed E-state index contributed by atoms with van der Waals surface area (Å²) in [4.78, 5) is 13.0. The first-order valence-corrected chi connectivity index (χ1v) is 14.4. The maximum atomic E-state index is 13.0. The molecule has 0 bridgehead atoms. The van der Waals surface area contributed by atoms with E-state index in [1.165, 1.54) is 0 Å². The number of carbonyl (C=O) groups is 1. The number of rotatable bonds is 4. The Morgan fingerprint density at radius 1 is 0.683 bits per heavy atom. The van der Waals surface area contributed by atoms with Crippen LogP contribution < -0.4 is 0 Å². The number of allylic oxidation sites excluding steroid dienone is 3. The predicted molar refractivity (Wildman–Crippen MR) is 167 cm³/mol. The molecule has 1 aliphatic carbocycles. The highest BCUT2D eigenvalue weighted by atomic mass is 16.5. The van der Waals surface area contributed by atoms with Crippen LogP contribution >= 0.6 is 0 Å². The molecule has 0 heterocycles. The molecule has 41 heavy (non-hydrogen) atoms. The van der Waals surface area contributed by atoms with E-state index in [4.69, 9.17) is 4.74 Å². The fraction of sp³-hybridized carbons (Fsp3) is 0.500. The van der Waals surface area contributed by atoms with Gasteiger partial charge in [0.25, 0.3) is 0 Å². The molecule has 2 aromatic carbocycles. The highest BCUT2D eigenvalue weighted by Gasteiger charge is 2.41. The van der Waals surface area contributed by atoms with Crippen molar-refractivity contribution >= 4 is 17.1 Å². The van der Waals surface area contributed by atoms with E-state index in [0.29, 0.717) is 5.57 Å². The van der Waals surface area contributed by atoms with E-state index in [2.05, 4.69) is 89.2 Å². The number of nitrogens with zero attached hydrogens (tertiary/aromatic N) is 1. The lowest BCUT2D eigenvalue weighted by atomic mass is 9.78. The number of nitriles is 1. The monoisotopic (exact) mass is 557 g/mol.